The first-order chi connectivity index (χ1) is 6.13. The quantitative estimate of drug-likeness (QED) is 0.419. The minimum atomic E-state index is -0.503. The van der Waals surface area contributed by atoms with Gasteiger partial charge in [0.15, 0.2) is 0 Å². The lowest BCUT2D eigenvalue weighted by atomic mass is 10.2. The van der Waals surface area contributed by atoms with Crippen LogP contribution < -0.4 is 4.65 Å². The van der Waals surface area contributed by atoms with Gasteiger partial charge in [0, 0.05) is 6.07 Å². The molecule has 1 rings (SSSR count). The zero-order valence-electron chi connectivity index (χ0n) is 7.06. The van der Waals surface area contributed by atoms with Crippen molar-refractivity contribution < 1.29 is 14.6 Å². The van der Waals surface area contributed by atoms with Gasteiger partial charge in [-0.3, -0.25) is 10.1 Å². The third kappa shape index (κ3) is 2.45. The molecule has 0 saturated carbocycles. The zero-order valence-corrected chi connectivity index (χ0v) is 7.06. The van der Waals surface area contributed by atoms with Crippen molar-refractivity contribution in [1.82, 2.24) is 0 Å². The van der Waals surface area contributed by atoms with Gasteiger partial charge in [0.05, 0.1) is 11.0 Å². The average molecular weight is 181 g/mol. The molecule has 1 aromatic carbocycles. The van der Waals surface area contributed by atoms with Crippen LogP contribution in [0.15, 0.2) is 18.2 Å². The minimum absolute atomic E-state index is 0.0385. The fourth-order valence-corrected chi connectivity index (χ4v) is 0.992. The van der Waals surface area contributed by atoms with Gasteiger partial charge in [0.1, 0.15) is 5.75 Å². The molecule has 0 fully saturated rings. The van der Waals surface area contributed by atoms with E-state index in [1.807, 2.05) is 0 Å². The monoisotopic (exact) mass is 181 g/mol. The van der Waals surface area contributed by atoms with Crippen molar-refractivity contribution >= 4 is 13.4 Å². The predicted octanol–water partition coefficient (Wildman–Crippen LogP) is 0.541. The van der Waals surface area contributed by atoms with Crippen molar-refractivity contribution in [2.75, 3.05) is 0 Å². The number of benzene rings is 1. The summed E-state index contributed by atoms with van der Waals surface area (Å²) < 4.78 is 4.73. The third-order valence-electron chi connectivity index (χ3n) is 1.48. The van der Waals surface area contributed by atoms with Crippen LogP contribution in [0, 0.1) is 17.0 Å². The fraction of sp³-hybridized carbons (Fsp3) is 0.143. The zero-order chi connectivity index (χ0) is 9.84. The van der Waals surface area contributed by atoms with Gasteiger partial charge in [-0.15, -0.1) is 0 Å². The second-order valence-corrected chi connectivity index (χ2v) is 2.53. The van der Waals surface area contributed by atoms with E-state index in [0.717, 1.165) is 5.56 Å². The van der Waals surface area contributed by atoms with Crippen LogP contribution in [0.4, 0.5) is 5.69 Å². The minimum Gasteiger partial charge on any atom is -0.539 e. The summed E-state index contributed by atoms with van der Waals surface area (Å²) in [5.41, 5.74) is 0.682. The highest BCUT2D eigenvalue weighted by Crippen LogP contribution is 2.21. The van der Waals surface area contributed by atoms with Crippen LogP contribution in [0.2, 0.25) is 0 Å². The number of nitrogens with zero attached hydrogens (tertiary/aromatic N) is 1. The Bertz CT molecular complexity index is 328. The highest BCUT2D eigenvalue weighted by molar-refractivity contribution is 6.17. The van der Waals surface area contributed by atoms with E-state index < -0.39 is 12.6 Å². The molecule has 0 spiro atoms. The van der Waals surface area contributed by atoms with E-state index in [0.29, 0.717) is 5.75 Å². The Labute approximate surface area is 75.4 Å². The van der Waals surface area contributed by atoms with Gasteiger partial charge in [-0.25, -0.2) is 0 Å². The van der Waals surface area contributed by atoms with Crippen molar-refractivity contribution in [3.05, 3.63) is 33.9 Å². The number of nitro benzene ring substituents is 1. The summed E-state index contributed by atoms with van der Waals surface area (Å²) in [6, 6.07) is 4.32. The van der Waals surface area contributed by atoms with Crippen LogP contribution in [0.1, 0.15) is 5.56 Å². The molecule has 0 unspecified atom stereocenters. The molecule has 0 amide bonds. The first-order valence-corrected chi connectivity index (χ1v) is 3.63. The SMILES string of the molecule is Cc1cc(OBO)cc([N+](=O)[O-])c1. The molecule has 0 aliphatic carbocycles. The molecule has 0 aliphatic heterocycles. The summed E-state index contributed by atoms with van der Waals surface area (Å²) in [6.07, 6.45) is 0. The van der Waals surface area contributed by atoms with E-state index in [1.165, 1.54) is 12.1 Å². The molecule has 0 radical (unpaired) electrons. The smallest absolute Gasteiger partial charge is 0.504 e. The van der Waals surface area contributed by atoms with E-state index in [9.17, 15) is 10.1 Å². The van der Waals surface area contributed by atoms with Crippen molar-refractivity contribution in [2.45, 2.75) is 6.92 Å². The molecule has 0 saturated heterocycles. The molecular formula is C7H8BNO4. The highest BCUT2D eigenvalue weighted by atomic mass is 16.6. The van der Waals surface area contributed by atoms with Crippen molar-refractivity contribution in [3.8, 4) is 5.75 Å². The van der Waals surface area contributed by atoms with Gasteiger partial charge in [0.2, 0.25) is 0 Å². The van der Waals surface area contributed by atoms with Gasteiger partial charge < -0.3 is 9.68 Å². The molecule has 1 aromatic rings. The molecule has 13 heavy (non-hydrogen) atoms. The van der Waals surface area contributed by atoms with E-state index in [1.54, 1.807) is 13.0 Å². The van der Waals surface area contributed by atoms with E-state index in [2.05, 4.69) is 0 Å². The summed E-state index contributed by atoms with van der Waals surface area (Å²) >= 11 is 0. The summed E-state index contributed by atoms with van der Waals surface area (Å²) in [4.78, 5) is 9.89. The highest BCUT2D eigenvalue weighted by Gasteiger charge is 2.08. The van der Waals surface area contributed by atoms with E-state index >= 15 is 0 Å². The lowest BCUT2D eigenvalue weighted by Crippen LogP contribution is -2.00. The molecule has 0 aromatic heterocycles. The summed E-state index contributed by atoms with van der Waals surface area (Å²) in [5, 5.41) is 18.8. The van der Waals surface area contributed by atoms with Crippen LogP contribution in [-0.4, -0.2) is 17.6 Å². The number of hydrogen-bond acceptors (Lipinski definition) is 4. The molecule has 6 heteroatoms. The Morgan fingerprint density at radius 2 is 2.23 bits per heavy atom. The van der Waals surface area contributed by atoms with Crippen LogP contribution >= 0.6 is 0 Å². The van der Waals surface area contributed by atoms with Crippen LogP contribution in [0.25, 0.3) is 0 Å². The number of nitro groups is 1. The number of hydrogen-bond donors (Lipinski definition) is 1. The normalized spacial score (nSPS) is 9.38. The second-order valence-electron chi connectivity index (χ2n) is 2.53. The van der Waals surface area contributed by atoms with Crippen molar-refractivity contribution in [1.29, 1.82) is 0 Å². The van der Waals surface area contributed by atoms with Crippen LogP contribution in [-0.2, 0) is 0 Å². The van der Waals surface area contributed by atoms with Crippen LogP contribution in [0.3, 0.4) is 0 Å². The number of non-ortho nitro benzene ring substituents is 1. The number of aryl methyl sites for hydroxylation is 1. The number of rotatable bonds is 3. The van der Waals surface area contributed by atoms with E-state index in [4.69, 9.17) is 9.68 Å². The lowest BCUT2D eigenvalue weighted by Gasteiger charge is -2.02. The summed E-state index contributed by atoms with van der Waals surface area (Å²) in [7, 11) is -0.486. The Balaban J connectivity index is 3.03. The van der Waals surface area contributed by atoms with Gasteiger partial charge >= 0.3 is 7.69 Å². The third-order valence-corrected chi connectivity index (χ3v) is 1.48. The largest absolute Gasteiger partial charge is 0.539 e. The molecular weight excluding hydrogens is 173 g/mol. The van der Waals surface area contributed by atoms with Gasteiger partial charge in [0.25, 0.3) is 5.69 Å². The summed E-state index contributed by atoms with van der Waals surface area (Å²) in [5.74, 6) is 0.300. The van der Waals surface area contributed by atoms with Gasteiger partial charge in [-0.2, -0.15) is 0 Å². The maximum Gasteiger partial charge on any atom is 0.504 e. The van der Waals surface area contributed by atoms with Gasteiger partial charge in [-0.1, -0.05) is 0 Å². The Morgan fingerprint density at radius 1 is 1.54 bits per heavy atom. The molecule has 0 bridgehead atoms. The van der Waals surface area contributed by atoms with Crippen molar-refractivity contribution in [2.24, 2.45) is 0 Å². The standard InChI is InChI=1S/C7H8BNO4/c1-5-2-6(9(11)12)4-7(3-5)13-8-10/h2-4,8,10H,1H3. The van der Waals surface area contributed by atoms with Crippen molar-refractivity contribution in [3.63, 3.8) is 0 Å². The Hall–Kier alpha value is -1.56. The topological polar surface area (TPSA) is 72.6 Å². The maximum atomic E-state index is 10.4. The first kappa shape index (κ1) is 9.53. The second kappa shape index (κ2) is 3.91. The van der Waals surface area contributed by atoms with Crippen LogP contribution in [0.5, 0.6) is 5.75 Å². The molecule has 68 valence electrons. The van der Waals surface area contributed by atoms with E-state index in [-0.39, 0.29) is 5.69 Å². The Kier molecular flexibility index (Phi) is 2.86. The molecule has 5 nitrogen and oxygen atoms in total. The molecule has 0 heterocycles. The molecule has 0 aliphatic rings. The molecule has 1 N–H and O–H groups in total. The predicted molar refractivity (Wildman–Crippen MR) is 47.8 cm³/mol. The molecule has 0 atom stereocenters. The average Bonchev–Trinajstić information content (AvgIpc) is 2.03. The fourth-order valence-electron chi connectivity index (χ4n) is 0.992. The van der Waals surface area contributed by atoms with Gasteiger partial charge in [-0.05, 0) is 18.6 Å². The Morgan fingerprint density at radius 3 is 2.77 bits per heavy atom. The summed E-state index contributed by atoms with van der Waals surface area (Å²) in [6.45, 7) is 1.72. The first-order valence-electron chi connectivity index (χ1n) is 3.63. The lowest BCUT2D eigenvalue weighted by molar-refractivity contribution is -0.384. The maximum absolute atomic E-state index is 10.4.